The molecule has 0 aromatic heterocycles. The molecule has 0 unspecified atom stereocenters. The summed E-state index contributed by atoms with van der Waals surface area (Å²) in [5, 5.41) is 3.53. The van der Waals surface area contributed by atoms with Crippen LogP contribution in [0.1, 0.15) is 31.9 Å². The van der Waals surface area contributed by atoms with Gasteiger partial charge in [0, 0.05) is 27.2 Å². The molecular formula is C18H22BrNS. The van der Waals surface area contributed by atoms with E-state index in [-0.39, 0.29) is 5.54 Å². The summed E-state index contributed by atoms with van der Waals surface area (Å²) >= 11 is 5.40. The summed E-state index contributed by atoms with van der Waals surface area (Å²) < 4.78 is 1.14. The summed E-state index contributed by atoms with van der Waals surface area (Å²) in [6, 6.07) is 17.3. The molecule has 1 N–H and O–H groups in total. The Labute approximate surface area is 140 Å². The molecule has 21 heavy (non-hydrogen) atoms. The molecule has 2 aromatic carbocycles. The molecule has 112 valence electrons. The Morgan fingerprint density at radius 1 is 1.00 bits per heavy atom. The molecule has 2 rings (SSSR count). The van der Waals surface area contributed by atoms with E-state index in [9.17, 15) is 0 Å². The Kier molecular flexibility index (Phi) is 5.91. The molecule has 0 saturated heterocycles. The van der Waals surface area contributed by atoms with Crippen molar-refractivity contribution in [2.45, 2.75) is 43.5 Å². The third-order valence-corrected chi connectivity index (χ3v) is 4.57. The van der Waals surface area contributed by atoms with Crippen LogP contribution >= 0.6 is 27.7 Å². The van der Waals surface area contributed by atoms with Crippen molar-refractivity contribution in [3.05, 3.63) is 64.1 Å². The van der Waals surface area contributed by atoms with E-state index in [1.165, 1.54) is 16.0 Å². The lowest BCUT2D eigenvalue weighted by Crippen LogP contribution is -2.35. The van der Waals surface area contributed by atoms with E-state index >= 15 is 0 Å². The molecule has 1 nitrogen and oxygen atoms in total. The number of halogens is 1. The Bertz CT molecular complexity index is 590. The fourth-order valence-corrected chi connectivity index (χ4v) is 3.27. The fraction of sp³-hybridized carbons (Fsp3) is 0.333. The highest BCUT2D eigenvalue weighted by atomic mass is 79.9. The quantitative estimate of drug-likeness (QED) is 0.690. The van der Waals surface area contributed by atoms with Crippen LogP contribution in [0.2, 0.25) is 0 Å². The topological polar surface area (TPSA) is 12.0 Å². The van der Waals surface area contributed by atoms with Gasteiger partial charge in [0.15, 0.2) is 0 Å². The highest BCUT2D eigenvalue weighted by Crippen LogP contribution is 2.25. The van der Waals surface area contributed by atoms with Crippen LogP contribution in [0.5, 0.6) is 0 Å². The van der Waals surface area contributed by atoms with Crippen LogP contribution in [0, 0.1) is 0 Å². The van der Waals surface area contributed by atoms with E-state index in [2.05, 4.69) is 90.5 Å². The lowest BCUT2D eigenvalue weighted by molar-refractivity contribution is 0.424. The number of hydrogen-bond acceptors (Lipinski definition) is 2. The monoisotopic (exact) mass is 363 g/mol. The van der Waals surface area contributed by atoms with Crippen LogP contribution in [0.25, 0.3) is 0 Å². The maximum atomic E-state index is 3.53. The van der Waals surface area contributed by atoms with Gasteiger partial charge in [-0.15, -0.1) is 11.8 Å². The fourth-order valence-electron chi connectivity index (χ4n) is 1.91. The minimum Gasteiger partial charge on any atom is -0.308 e. The molecule has 0 fully saturated rings. The van der Waals surface area contributed by atoms with Crippen molar-refractivity contribution >= 4 is 27.7 Å². The first kappa shape index (κ1) is 16.6. The summed E-state index contributed by atoms with van der Waals surface area (Å²) in [7, 11) is 0. The summed E-state index contributed by atoms with van der Waals surface area (Å²) in [6.45, 7) is 7.49. The zero-order chi connectivity index (χ0) is 15.3. The summed E-state index contributed by atoms with van der Waals surface area (Å²) in [4.78, 5) is 1.32. The number of hydrogen-bond donors (Lipinski definition) is 1. The van der Waals surface area contributed by atoms with Crippen LogP contribution in [-0.2, 0) is 12.3 Å². The Morgan fingerprint density at radius 3 is 2.43 bits per heavy atom. The highest BCUT2D eigenvalue weighted by molar-refractivity contribution is 9.10. The molecule has 3 heteroatoms. The molecule has 0 amide bonds. The predicted molar refractivity (Wildman–Crippen MR) is 96.7 cm³/mol. The van der Waals surface area contributed by atoms with Gasteiger partial charge >= 0.3 is 0 Å². The number of benzene rings is 2. The molecule has 0 spiro atoms. The molecule has 0 heterocycles. The molecule has 0 aliphatic rings. The average molecular weight is 364 g/mol. The second-order valence-electron chi connectivity index (χ2n) is 6.17. The SMILES string of the molecule is CC(C)(C)NCc1cccc(SCc2cccc(Br)c2)c1. The van der Waals surface area contributed by atoms with E-state index < -0.39 is 0 Å². The third kappa shape index (κ3) is 6.25. The molecule has 2 aromatic rings. The normalized spacial score (nSPS) is 11.6. The van der Waals surface area contributed by atoms with E-state index in [4.69, 9.17) is 0 Å². The minimum absolute atomic E-state index is 0.152. The van der Waals surface area contributed by atoms with Gasteiger partial charge in [-0.05, 0) is 56.2 Å². The van der Waals surface area contributed by atoms with Crippen molar-refractivity contribution in [2.75, 3.05) is 0 Å². The largest absolute Gasteiger partial charge is 0.308 e. The van der Waals surface area contributed by atoms with Gasteiger partial charge in [-0.2, -0.15) is 0 Å². The van der Waals surface area contributed by atoms with Crippen molar-refractivity contribution in [2.24, 2.45) is 0 Å². The molecule has 0 aliphatic carbocycles. The van der Waals surface area contributed by atoms with Gasteiger partial charge in [0.1, 0.15) is 0 Å². The maximum absolute atomic E-state index is 3.53. The summed E-state index contributed by atoms with van der Waals surface area (Å²) in [5.74, 6) is 0.996. The van der Waals surface area contributed by atoms with E-state index in [0.717, 1.165) is 16.8 Å². The van der Waals surface area contributed by atoms with Crippen LogP contribution in [0.15, 0.2) is 57.9 Å². The standard InChI is InChI=1S/C18H22BrNS/c1-18(2,3)20-12-14-6-5-9-17(11-14)21-13-15-7-4-8-16(19)10-15/h4-11,20H,12-13H2,1-3H3. The first-order valence-corrected chi connectivity index (χ1v) is 8.91. The first-order valence-electron chi connectivity index (χ1n) is 7.14. The Morgan fingerprint density at radius 2 is 1.71 bits per heavy atom. The zero-order valence-electron chi connectivity index (χ0n) is 12.8. The zero-order valence-corrected chi connectivity index (χ0v) is 15.2. The Balaban J connectivity index is 1.95. The van der Waals surface area contributed by atoms with Crippen LogP contribution < -0.4 is 5.32 Å². The lowest BCUT2D eigenvalue weighted by Gasteiger charge is -2.20. The minimum atomic E-state index is 0.152. The number of rotatable bonds is 5. The number of thioether (sulfide) groups is 1. The molecule has 0 aliphatic heterocycles. The van der Waals surface area contributed by atoms with Crippen molar-refractivity contribution in [1.82, 2.24) is 5.32 Å². The van der Waals surface area contributed by atoms with Gasteiger partial charge in [-0.3, -0.25) is 0 Å². The van der Waals surface area contributed by atoms with E-state index in [1.807, 2.05) is 11.8 Å². The lowest BCUT2D eigenvalue weighted by atomic mass is 10.1. The Hall–Kier alpha value is -0.770. The molecular weight excluding hydrogens is 342 g/mol. The van der Waals surface area contributed by atoms with Crippen LogP contribution in [0.3, 0.4) is 0 Å². The second kappa shape index (κ2) is 7.48. The van der Waals surface area contributed by atoms with Gasteiger partial charge < -0.3 is 5.32 Å². The van der Waals surface area contributed by atoms with Gasteiger partial charge in [0.05, 0.1) is 0 Å². The van der Waals surface area contributed by atoms with Crippen LogP contribution in [-0.4, -0.2) is 5.54 Å². The van der Waals surface area contributed by atoms with Crippen LogP contribution in [0.4, 0.5) is 0 Å². The van der Waals surface area contributed by atoms with Gasteiger partial charge in [0.2, 0.25) is 0 Å². The first-order chi connectivity index (χ1) is 9.92. The van der Waals surface area contributed by atoms with Gasteiger partial charge in [-0.25, -0.2) is 0 Å². The van der Waals surface area contributed by atoms with Gasteiger partial charge in [0.25, 0.3) is 0 Å². The van der Waals surface area contributed by atoms with Crippen molar-refractivity contribution in [1.29, 1.82) is 0 Å². The molecule has 0 atom stereocenters. The third-order valence-electron chi connectivity index (χ3n) is 3.02. The van der Waals surface area contributed by atoms with Crippen molar-refractivity contribution in [3.8, 4) is 0 Å². The second-order valence-corrected chi connectivity index (χ2v) is 8.13. The average Bonchev–Trinajstić information content (AvgIpc) is 2.43. The molecule has 0 radical (unpaired) electrons. The summed E-state index contributed by atoms with van der Waals surface area (Å²) in [5.41, 5.74) is 2.83. The molecule has 0 bridgehead atoms. The highest BCUT2D eigenvalue weighted by Gasteiger charge is 2.08. The van der Waals surface area contributed by atoms with Crippen molar-refractivity contribution in [3.63, 3.8) is 0 Å². The van der Waals surface area contributed by atoms with Crippen molar-refractivity contribution < 1.29 is 0 Å². The van der Waals surface area contributed by atoms with E-state index in [1.54, 1.807) is 0 Å². The smallest absolute Gasteiger partial charge is 0.0232 e. The van der Waals surface area contributed by atoms with Gasteiger partial charge in [-0.1, -0.05) is 40.2 Å². The summed E-state index contributed by atoms with van der Waals surface area (Å²) in [6.07, 6.45) is 0. The molecule has 0 saturated carbocycles. The van der Waals surface area contributed by atoms with E-state index in [0.29, 0.717) is 0 Å². The maximum Gasteiger partial charge on any atom is 0.0232 e. The predicted octanol–water partition coefficient (Wildman–Crippen LogP) is 5.63. The number of nitrogens with one attached hydrogen (secondary N) is 1.